The molecule has 3 aliphatic heterocycles. The zero-order valence-electron chi connectivity index (χ0n) is 27.8. The molecule has 5 heterocycles. The second kappa shape index (κ2) is 12.4. The Labute approximate surface area is 299 Å². The van der Waals surface area contributed by atoms with Gasteiger partial charge in [-0.25, -0.2) is 0 Å². The minimum Gasteiger partial charge on any atom is -0.508 e. The lowest BCUT2D eigenvalue weighted by Gasteiger charge is -2.20. The van der Waals surface area contributed by atoms with Crippen molar-refractivity contribution in [3.63, 3.8) is 0 Å². The van der Waals surface area contributed by atoms with Crippen molar-refractivity contribution >= 4 is 22.3 Å². The molecular formula is C44H34N4O4. The molecule has 52 heavy (non-hydrogen) atoms. The van der Waals surface area contributed by atoms with Crippen LogP contribution in [0.5, 0.6) is 23.0 Å². The monoisotopic (exact) mass is 682 g/mol. The molecule has 0 radical (unpaired) electrons. The molecule has 4 aromatic carbocycles. The molecule has 8 nitrogen and oxygen atoms in total. The Bertz CT molecular complexity index is 2480. The molecule has 6 aromatic rings. The summed E-state index contributed by atoms with van der Waals surface area (Å²) in [6.45, 7) is 0. The maximum Gasteiger partial charge on any atom is 0.116 e. The van der Waals surface area contributed by atoms with Crippen LogP contribution in [-0.2, 0) is 0 Å². The first kappa shape index (κ1) is 31.0. The SMILES string of the molecule is Oc1cccc(/C2=C3\C=CC(N3)/C(c3cccc(O)c3)=c3/cc/c([nH]3)=C(\c3cccc(O)c3)C3C=C/C(=C(\c4cccc(O)c4)c4ccc2[nH]4)N3)c1. The summed E-state index contributed by atoms with van der Waals surface area (Å²) in [5.74, 6) is 0.633. The fourth-order valence-electron chi connectivity index (χ4n) is 7.54. The Kier molecular flexibility index (Phi) is 7.36. The number of hydrogen-bond donors (Lipinski definition) is 8. The molecule has 0 saturated heterocycles. The van der Waals surface area contributed by atoms with Gasteiger partial charge in [0.15, 0.2) is 0 Å². The predicted octanol–water partition coefficient (Wildman–Crippen LogP) is 5.85. The molecule has 2 unspecified atom stereocenters. The second-order valence-corrected chi connectivity index (χ2v) is 13.1. The van der Waals surface area contributed by atoms with Gasteiger partial charge in [0.1, 0.15) is 23.0 Å². The van der Waals surface area contributed by atoms with E-state index in [2.05, 4.69) is 44.9 Å². The third-order valence-corrected chi connectivity index (χ3v) is 9.77. The molecule has 2 atom stereocenters. The van der Waals surface area contributed by atoms with Crippen LogP contribution in [0.3, 0.4) is 0 Å². The first-order chi connectivity index (χ1) is 25.4. The smallest absolute Gasteiger partial charge is 0.116 e. The van der Waals surface area contributed by atoms with E-state index in [4.69, 9.17) is 0 Å². The standard InChI is InChI=1S/C44H34N4O4/c49-29-9-1-5-25(21-29)41-33-13-15-35(45-33)42(26-6-2-10-30(50)22-26)37-17-19-39(47-37)44(28-8-4-12-32(52)24-28)40-20-18-38(48-40)43(36-16-14-34(41)46-36)27-7-3-11-31(51)23-27/h1-24,33,38,45-52H/b41-34-,42-35-,43-36-,44-40-. The number of allylic oxidation sites excluding steroid dienone is 2. The van der Waals surface area contributed by atoms with Crippen molar-refractivity contribution in [3.8, 4) is 23.0 Å². The van der Waals surface area contributed by atoms with E-state index in [1.54, 1.807) is 48.5 Å². The van der Waals surface area contributed by atoms with Gasteiger partial charge in [0, 0.05) is 55.8 Å². The maximum absolute atomic E-state index is 10.6. The van der Waals surface area contributed by atoms with Crippen LogP contribution in [-0.4, -0.2) is 42.5 Å². The van der Waals surface area contributed by atoms with Crippen LogP contribution >= 0.6 is 0 Å². The average molecular weight is 683 g/mol. The van der Waals surface area contributed by atoms with Crippen molar-refractivity contribution in [3.05, 3.63) is 201 Å². The third kappa shape index (κ3) is 5.52. The van der Waals surface area contributed by atoms with Gasteiger partial charge in [-0.2, -0.15) is 0 Å². The molecule has 0 saturated carbocycles. The van der Waals surface area contributed by atoms with Crippen LogP contribution in [0.15, 0.2) is 157 Å². The Hall–Kier alpha value is -7.06. The molecule has 8 N–H and O–H groups in total. The van der Waals surface area contributed by atoms with E-state index in [1.165, 1.54) is 0 Å². The first-order valence-corrected chi connectivity index (χ1v) is 17.1. The molecule has 2 aromatic heterocycles. The summed E-state index contributed by atoms with van der Waals surface area (Å²) >= 11 is 0. The molecule has 0 spiro atoms. The summed E-state index contributed by atoms with van der Waals surface area (Å²) in [6.07, 6.45) is 8.32. The minimum atomic E-state index is -0.291. The molecule has 0 fully saturated rings. The number of aromatic nitrogens is 2. The van der Waals surface area contributed by atoms with Crippen molar-refractivity contribution in [2.45, 2.75) is 12.1 Å². The highest BCUT2D eigenvalue weighted by Gasteiger charge is 2.27. The van der Waals surface area contributed by atoms with Crippen LogP contribution < -0.4 is 21.3 Å². The number of nitrogens with one attached hydrogen (secondary N) is 4. The number of phenols is 4. The number of rotatable bonds is 4. The number of hydrogen-bond acceptors (Lipinski definition) is 6. The molecule has 0 amide bonds. The Morgan fingerprint density at radius 2 is 0.788 bits per heavy atom. The van der Waals surface area contributed by atoms with Crippen molar-refractivity contribution in [1.29, 1.82) is 0 Å². The van der Waals surface area contributed by atoms with E-state index in [0.29, 0.717) is 0 Å². The fraction of sp³-hybridized carbons (Fsp3) is 0.0455. The van der Waals surface area contributed by atoms with E-state index in [1.807, 2.05) is 72.8 Å². The van der Waals surface area contributed by atoms with Gasteiger partial charge in [-0.1, -0.05) is 60.7 Å². The first-order valence-electron chi connectivity index (χ1n) is 17.1. The Balaban J connectivity index is 1.37. The summed E-state index contributed by atoms with van der Waals surface area (Å²) in [6, 6.07) is 36.5. The van der Waals surface area contributed by atoms with Crippen LogP contribution in [0, 0.1) is 0 Å². The molecule has 3 aliphatic rings. The van der Waals surface area contributed by atoms with Crippen LogP contribution in [0.4, 0.5) is 0 Å². The van der Waals surface area contributed by atoms with Gasteiger partial charge < -0.3 is 41.0 Å². The quantitative estimate of drug-likeness (QED) is 0.118. The van der Waals surface area contributed by atoms with Gasteiger partial charge in [0.25, 0.3) is 0 Å². The van der Waals surface area contributed by atoms with Gasteiger partial charge in [-0.15, -0.1) is 0 Å². The highest BCUT2D eigenvalue weighted by Crippen LogP contribution is 2.37. The topological polar surface area (TPSA) is 137 Å². The molecule has 9 rings (SSSR count). The number of fused-ring (bicyclic) bond motifs is 8. The average Bonchev–Trinajstić information content (AvgIpc) is 3.96. The van der Waals surface area contributed by atoms with E-state index in [9.17, 15) is 20.4 Å². The normalized spacial score (nSPS) is 22.7. The number of aromatic amines is 2. The lowest BCUT2D eigenvalue weighted by molar-refractivity contribution is 0.474. The van der Waals surface area contributed by atoms with Gasteiger partial charge in [0.2, 0.25) is 0 Å². The number of phenolic OH excluding ortho intramolecular Hbond substituents is 4. The van der Waals surface area contributed by atoms with Crippen molar-refractivity contribution in [2.75, 3.05) is 0 Å². The highest BCUT2D eigenvalue weighted by atomic mass is 16.3. The lowest BCUT2D eigenvalue weighted by Crippen LogP contribution is -2.31. The van der Waals surface area contributed by atoms with E-state index < -0.39 is 0 Å². The van der Waals surface area contributed by atoms with Crippen LogP contribution in [0.25, 0.3) is 22.3 Å². The van der Waals surface area contributed by atoms with Gasteiger partial charge in [-0.3, -0.25) is 0 Å². The molecule has 8 bridgehead atoms. The Morgan fingerprint density at radius 3 is 1.19 bits per heavy atom. The molecular weight excluding hydrogens is 649 g/mol. The lowest BCUT2D eigenvalue weighted by atomic mass is 9.98. The predicted molar refractivity (Wildman–Crippen MR) is 202 cm³/mol. The van der Waals surface area contributed by atoms with Gasteiger partial charge >= 0.3 is 0 Å². The van der Waals surface area contributed by atoms with Crippen LogP contribution in [0.2, 0.25) is 0 Å². The fourth-order valence-corrected chi connectivity index (χ4v) is 7.54. The van der Waals surface area contributed by atoms with Crippen LogP contribution in [0.1, 0.15) is 33.6 Å². The van der Waals surface area contributed by atoms with Crippen molar-refractivity contribution < 1.29 is 20.4 Å². The zero-order chi connectivity index (χ0) is 35.3. The summed E-state index contributed by atoms with van der Waals surface area (Å²) in [4.78, 5) is 7.39. The number of benzene rings is 4. The summed E-state index contributed by atoms with van der Waals surface area (Å²) in [5, 5.41) is 51.6. The summed E-state index contributed by atoms with van der Waals surface area (Å²) in [5.41, 5.74) is 10.3. The summed E-state index contributed by atoms with van der Waals surface area (Å²) < 4.78 is 0. The van der Waals surface area contributed by atoms with Gasteiger partial charge in [-0.05, 0) is 107 Å². The molecule has 8 heteroatoms. The van der Waals surface area contributed by atoms with E-state index >= 15 is 0 Å². The second-order valence-electron chi connectivity index (χ2n) is 13.1. The Morgan fingerprint density at radius 1 is 0.404 bits per heavy atom. The highest BCUT2D eigenvalue weighted by molar-refractivity contribution is 5.89. The summed E-state index contributed by atoms with van der Waals surface area (Å²) in [7, 11) is 0. The third-order valence-electron chi connectivity index (χ3n) is 9.77. The zero-order valence-corrected chi connectivity index (χ0v) is 27.8. The molecule has 0 aliphatic carbocycles. The van der Waals surface area contributed by atoms with E-state index in [0.717, 1.165) is 78.0 Å². The molecule has 254 valence electrons. The van der Waals surface area contributed by atoms with E-state index in [-0.39, 0.29) is 35.1 Å². The van der Waals surface area contributed by atoms with Crippen molar-refractivity contribution in [1.82, 2.24) is 20.6 Å². The maximum atomic E-state index is 10.6. The number of H-pyrrole nitrogens is 2. The number of aromatic hydroxyl groups is 4. The minimum absolute atomic E-state index is 0.154. The van der Waals surface area contributed by atoms with Gasteiger partial charge in [0.05, 0.1) is 12.1 Å². The largest absolute Gasteiger partial charge is 0.508 e. The van der Waals surface area contributed by atoms with Crippen molar-refractivity contribution in [2.24, 2.45) is 0 Å².